The maximum atomic E-state index is 3.54. The first-order valence-corrected chi connectivity index (χ1v) is 8.36. The molecule has 0 saturated heterocycles. The maximum absolute atomic E-state index is 3.54. The van der Waals surface area contributed by atoms with Gasteiger partial charge in [0.05, 0.1) is 0 Å². The second-order valence-corrected chi connectivity index (χ2v) is 6.83. The molecule has 1 unspecified atom stereocenters. The summed E-state index contributed by atoms with van der Waals surface area (Å²) < 4.78 is 2.23. The molecule has 0 fully saturated rings. The molecule has 0 aliphatic rings. The molecule has 96 valence electrons. The number of thiophene rings is 1. The Hall–Kier alpha value is -0.160. The fraction of sp³-hybridized carbons (Fsp3) is 0.286. The van der Waals surface area contributed by atoms with Crippen molar-refractivity contribution in [3.05, 3.63) is 55.1 Å². The third kappa shape index (κ3) is 3.92. The van der Waals surface area contributed by atoms with Crippen molar-refractivity contribution < 1.29 is 0 Å². The second kappa shape index (κ2) is 6.85. The topological polar surface area (TPSA) is 12.0 Å². The Morgan fingerprint density at radius 1 is 1.22 bits per heavy atom. The van der Waals surface area contributed by atoms with E-state index in [-0.39, 0.29) is 0 Å². The summed E-state index contributed by atoms with van der Waals surface area (Å²) in [4.78, 5) is 0. The molecule has 18 heavy (non-hydrogen) atoms. The fourth-order valence-electron chi connectivity index (χ4n) is 2.00. The van der Waals surface area contributed by atoms with Crippen LogP contribution in [-0.2, 0) is 6.42 Å². The highest BCUT2D eigenvalue weighted by atomic mass is 79.9. The van der Waals surface area contributed by atoms with Gasteiger partial charge in [-0.15, -0.1) is 0 Å². The van der Waals surface area contributed by atoms with Gasteiger partial charge in [0.2, 0.25) is 0 Å². The standard InChI is InChI=1S/C14H15Br2NS/c1-17-14(3-2-10-4-5-18-9-10)11-6-12(15)8-13(16)7-11/h4-9,14,17H,2-3H2,1H3. The molecule has 1 atom stereocenters. The minimum absolute atomic E-state index is 0.388. The molecule has 1 aromatic carbocycles. The number of benzene rings is 1. The van der Waals surface area contributed by atoms with Gasteiger partial charge in [0, 0.05) is 15.0 Å². The average molecular weight is 389 g/mol. The SMILES string of the molecule is CNC(CCc1ccsc1)c1cc(Br)cc(Br)c1. The van der Waals surface area contributed by atoms with Crippen LogP contribution in [0.15, 0.2) is 44.0 Å². The molecular formula is C14H15Br2NS. The van der Waals surface area contributed by atoms with E-state index in [0.717, 1.165) is 21.8 Å². The summed E-state index contributed by atoms with van der Waals surface area (Å²) in [6.07, 6.45) is 2.22. The first kappa shape index (κ1) is 14.3. The first-order valence-electron chi connectivity index (χ1n) is 5.83. The monoisotopic (exact) mass is 387 g/mol. The largest absolute Gasteiger partial charge is 0.313 e. The molecule has 2 aromatic rings. The lowest BCUT2D eigenvalue weighted by molar-refractivity contribution is 0.549. The second-order valence-electron chi connectivity index (χ2n) is 4.21. The third-order valence-electron chi connectivity index (χ3n) is 2.94. The number of hydrogen-bond acceptors (Lipinski definition) is 2. The average Bonchev–Trinajstić information content (AvgIpc) is 2.81. The number of rotatable bonds is 5. The number of halogens is 2. The van der Waals surface area contributed by atoms with Gasteiger partial charge in [-0.2, -0.15) is 11.3 Å². The van der Waals surface area contributed by atoms with Crippen molar-refractivity contribution in [3.8, 4) is 0 Å². The molecule has 0 bridgehead atoms. The van der Waals surface area contributed by atoms with Crippen molar-refractivity contribution in [2.75, 3.05) is 7.05 Å². The lowest BCUT2D eigenvalue weighted by Gasteiger charge is -2.17. The predicted molar refractivity (Wildman–Crippen MR) is 86.3 cm³/mol. The minimum Gasteiger partial charge on any atom is -0.313 e. The van der Waals surface area contributed by atoms with Crippen molar-refractivity contribution in [3.63, 3.8) is 0 Å². The minimum atomic E-state index is 0.388. The van der Waals surface area contributed by atoms with Gasteiger partial charge in [0.1, 0.15) is 0 Å². The summed E-state index contributed by atoms with van der Waals surface area (Å²) >= 11 is 8.85. The van der Waals surface area contributed by atoms with E-state index in [1.54, 1.807) is 11.3 Å². The highest BCUT2D eigenvalue weighted by Crippen LogP contribution is 2.26. The van der Waals surface area contributed by atoms with Crippen LogP contribution in [0.25, 0.3) is 0 Å². The van der Waals surface area contributed by atoms with Crippen molar-refractivity contribution in [2.24, 2.45) is 0 Å². The summed E-state index contributed by atoms with van der Waals surface area (Å²) in [5.74, 6) is 0. The van der Waals surface area contributed by atoms with Gasteiger partial charge in [0.25, 0.3) is 0 Å². The highest BCUT2D eigenvalue weighted by Gasteiger charge is 2.11. The highest BCUT2D eigenvalue weighted by molar-refractivity contribution is 9.11. The summed E-state index contributed by atoms with van der Waals surface area (Å²) in [7, 11) is 2.02. The van der Waals surface area contributed by atoms with Gasteiger partial charge < -0.3 is 5.32 Å². The number of aryl methyl sites for hydroxylation is 1. The van der Waals surface area contributed by atoms with Crippen molar-refractivity contribution in [2.45, 2.75) is 18.9 Å². The van der Waals surface area contributed by atoms with E-state index < -0.39 is 0 Å². The van der Waals surface area contributed by atoms with E-state index in [1.165, 1.54) is 11.1 Å². The molecule has 0 radical (unpaired) electrons. The van der Waals surface area contributed by atoms with Gasteiger partial charge in [-0.05, 0) is 66.0 Å². The van der Waals surface area contributed by atoms with Gasteiger partial charge >= 0.3 is 0 Å². The fourth-order valence-corrected chi connectivity index (χ4v) is 4.03. The Morgan fingerprint density at radius 3 is 2.50 bits per heavy atom. The molecular weight excluding hydrogens is 374 g/mol. The maximum Gasteiger partial charge on any atom is 0.0321 e. The molecule has 1 nitrogen and oxygen atoms in total. The molecule has 0 aliphatic carbocycles. The van der Waals surface area contributed by atoms with E-state index in [4.69, 9.17) is 0 Å². The Balaban J connectivity index is 2.07. The van der Waals surface area contributed by atoms with Crippen LogP contribution < -0.4 is 5.32 Å². The Bertz CT molecular complexity index is 476. The van der Waals surface area contributed by atoms with E-state index in [0.29, 0.717) is 6.04 Å². The van der Waals surface area contributed by atoms with Crippen molar-refractivity contribution >= 4 is 43.2 Å². The van der Waals surface area contributed by atoms with Crippen LogP contribution >= 0.6 is 43.2 Å². The van der Waals surface area contributed by atoms with Gasteiger partial charge in [-0.3, -0.25) is 0 Å². The Morgan fingerprint density at radius 2 is 1.94 bits per heavy atom. The summed E-state index contributed by atoms with van der Waals surface area (Å²) in [5.41, 5.74) is 2.74. The number of nitrogens with one attached hydrogen (secondary N) is 1. The summed E-state index contributed by atoms with van der Waals surface area (Å²) in [6, 6.07) is 9.02. The Kier molecular flexibility index (Phi) is 5.42. The van der Waals surface area contributed by atoms with Crippen molar-refractivity contribution in [1.82, 2.24) is 5.32 Å². The smallest absolute Gasteiger partial charge is 0.0321 e. The zero-order chi connectivity index (χ0) is 13.0. The van der Waals surface area contributed by atoms with Crippen molar-refractivity contribution in [1.29, 1.82) is 0 Å². The van der Waals surface area contributed by atoms with Gasteiger partial charge in [-0.25, -0.2) is 0 Å². The zero-order valence-electron chi connectivity index (χ0n) is 10.1. The molecule has 0 amide bonds. The normalized spacial score (nSPS) is 12.6. The quantitative estimate of drug-likeness (QED) is 0.745. The van der Waals surface area contributed by atoms with Crippen LogP contribution in [-0.4, -0.2) is 7.05 Å². The van der Waals surface area contributed by atoms with Crippen LogP contribution in [0.3, 0.4) is 0 Å². The zero-order valence-corrected chi connectivity index (χ0v) is 14.1. The van der Waals surface area contributed by atoms with Gasteiger partial charge in [0.15, 0.2) is 0 Å². The summed E-state index contributed by atoms with van der Waals surface area (Å²) in [5, 5.41) is 7.76. The lowest BCUT2D eigenvalue weighted by Crippen LogP contribution is -2.17. The lowest BCUT2D eigenvalue weighted by atomic mass is 10.0. The molecule has 0 spiro atoms. The molecule has 1 heterocycles. The molecule has 0 saturated carbocycles. The van der Waals surface area contributed by atoms with Crippen LogP contribution in [0.2, 0.25) is 0 Å². The van der Waals surface area contributed by atoms with Gasteiger partial charge in [-0.1, -0.05) is 31.9 Å². The van der Waals surface area contributed by atoms with Crippen LogP contribution in [0.5, 0.6) is 0 Å². The number of hydrogen-bond donors (Lipinski definition) is 1. The molecule has 0 aliphatic heterocycles. The molecule has 4 heteroatoms. The van der Waals surface area contributed by atoms with Crippen LogP contribution in [0, 0.1) is 0 Å². The third-order valence-corrected chi connectivity index (χ3v) is 4.59. The molecule has 2 rings (SSSR count). The first-order chi connectivity index (χ1) is 8.69. The van der Waals surface area contributed by atoms with E-state index in [1.807, 2.05) is 7.05 Å². The molecule has 1 N–H and O–H groups in total. The van der Waals surface area contributed by atoms with E-state index >= 15 is 0 Å². The molecule has 1 aromatic heterocycles. The van der Waals surface area contributed by atoms with Crippen LogP contribution in [0.1, 0.15) is 23.6 Å². The van der Waals surface area contributed by atoms with E-state index in [9.17, 15) is 0 Å². The summed E-state index contributed by atoms with van der Waals surface area (Å²) in [6.45, 7) is 0. The van der Waals surface area contributed by atoms with Crippen LogP contribution in [0.4, 0.5) is 0 Å². The Labute approximate surface area is 129 Å². The predicted octanol–water partition coefficient (Wildman–Crippen LogP) is 5.17. The van der Waals surface area contributed by atoms with E-state index in [2.05, 4.69) is 72.2 Å².